The average Bonchev–Trinajstić information content (AvgIpc) is 2.38. The Kier molecular flexibility index (Phi) is 5.77. The summed E-state index contributed by atoms with van der Waals surface area (Å²) in [5, 5.41) is 0.139. The quantitative estimate of drug-likeness (QED) is 0.839. The zero-order valence-electron chi connectivity index (χ0n) is 12.7. The van der Waals surface area contributed by atoms with Crippen molar-refractivity contribution in [2.75, 3.05) is 6.54 Å². The Morgan fingerprint density at radius 3 is 2.43 bits per heavy atom. The van der Waals surface area contributed by atoms with Crippen molar-refractivity contribution in [2.45, 2.75) is 39.1 Å². The van der Waals surface area contributed by atoms with Crippen LogP contribution in [-0.4, -0.2) is 15.0 Å². The van der Waals surface area contributed by atoms with Crippen LogP contribution in [0.15, 0.2) is 17.0 Å². The summed E-state index contributed by atoms with van der Waals surface area (Å²) in [5.41, 5.74) is 5.22. The lowest BCUT2D eigenvalue weighted by molar-refractivity contribution is 0.252. The summed E-state index contributed by atoms with van der Waals surface area (Å²) in [6, 6.07) is 2.43. The number of halogens is 2. The minimum atomic E-state index is -3.98. The van der Waals surface area contributed by atoms with Crippen LogP contribution in [0.4, 0.5) is 4.39 Å². The van der Waals surface area contributed by atoms with Crippen molar-refractivity contribution in [3.05, 3.63) is 28.5 Å². The topological polar surface area (TPSA) is 72.2 Å². The van der Waals surface area contributed by atoms with E-state index in [2.05, 4.69) is 4.72 Å². The van der Waals surface area contributed by atoms with Crippen molar-refractivity contribution in [3.63, 3.8) is 0 Å². The zero-order valence-corrected chi connectivity index (χ0v) is 14.3. The fourth-order valence-corrected chi connectivity index (χ4v) is 3.20. The monoisotopic (exact) mass is 336 g/mol. The molecule has 120 valence electrons. The molecule has 0 bridgehead atoms. The number of rotatable bonds is 6. The molecule has 7 heteroatoms. The van der Waals surface area contributed by atoms with Crippen molar-refractivity contribution < 1.29 is 12.8 Å². The van der Waals surface area contributed by atoms with Gasteiger partial charge in [0.05, 0.1) is 0 Å². The van der Waals surface area contributed by atoms with Crippen LogP contribution < -0.4 is 10.5 Å². The summed E-state index contributed by atoms with van der Waals surface area (Å²) >= 11 is 5.83. The molecule has 21 heavy (non-hydrogen) atoms. The van der Waals surface area contributed by atoms with Gasteiger partial charge < -0.3 is 5.73 Å². The number of nitrogens with two attached hydrogens (primary N) is 1. The summed E-state index contributed by atoms with van der Waals surface area (Å²) < 4.78 is 41.2. The van der Waals surface area contributed by atoms with E-state index in [9.17, 15) is 12.8 Å². The van der Waals surface area contributed by atoms with Crippen LogP contribution in [0.1, 0.15) is 33.3 Å². The maximum Gasteiger partial charge on any atom is 0.243 e. The number of nitrogens with one attached hydrogen (secondary N) is 1. The van der Waals surface area contributed by atoms with Gasteiger partial charge in [-0.25, -0.2) is 17.5 Å². The van der Waals surface area contributed by atoms with Crippen LogP contribution in [0.3, 0.4) is 0 Å². The summed E-state index contributed by atoms with van der Waals surface area (Å²) in [6.07, 6.45) is 0. The van der Waals surface area contributed by atoms with Crippen LogP contribution in [0, 0.1) is 17.2 Å². The highest BCUT2D eigenvalue weighted by Gasteiger charge is 2.27. The van der Waals surface area contributed by atoms with Crippen LogP contribution in [-0.2, 0) is 16.6 Å². The van der Waals surface area contributed by atoms with E-state index in [0.29, 0.717) is 0 Å². The van der Waals surface area contributed by atoms with Gasteiger partial charge in [0.1, 0.15) is 10.7 Å². The van der Waals surface area contributed by atoms with E-state index < -0.39 is 20.7 Å². The molecule has 0 amide bonds. The van der Waals surface area contributed by atoms with E-state index in [4.69, 9.17) is 17.3 Å². The molecule has 0 spiro atoms. The van der Waals surface area contributed by atoms with Gasteiger partial charge in [0.2, 0.25) is 10.0 Å². The Balaban J connectivity index is 3.12. The molecular formula is C14H22ClFN2O2S. The Bertz CT molecular complexity index is 616. The molecule has 3 N–H and O–H groups in total. The minimum absolute atomic E-state index is 0.0750. The van der Waals surface area contributed by atoms with Crippen molar-refractivity contribution >= 4 is 21.6 Å². The van der Waals surface area contributed by atoms with Crippen molar-refractivity contribution in [3.8, 4) is 0 Å². The van der Waals surface area contributed by atoms with Gasteiger partial charge in [-0.1, -0.05) is 39.3 Å². The third-order valence-corrected chi connectivity index (χ3v) is 5.49. The molecule has 1 rings (SSSR count). The summed E-state index contributed by atoms with van der Waals surface area (Å²) in [5.74, 6) is -0.583. The van der Waals surface area contributed by atoms with Crippen LogP contribution >= 0.6 is 11.6 Å². The molecule has 0 saturated heterocycles. The van der Waals surface area contributed by atoms with Gasteiger partial charge in [-0.05, 0) is 23.5 Å². The molecule has 4 nitrogen and oxygen atoms in total. The Morgan fingerprint density at radius 1 is 1.38 bits per heavy atom. The predicted octanol–water partition coefficient (Wildman–Crippen LogP) is 2.90. The number of sulfonamides is 1. The van der Waals surface area contributed by atoms with Gasteiger partial charge >= 0.3 is 0 Å². The molecule has 0 unspecified atom stereocenters. The molecule has 0 radical (unpaired) electrons. The second-order valence-electron chi connectivity index (χ2n) is 6.05. The van der Waals surface area contributed by atoms with Gasteiger partial charge in [0, 0.05) is 23.7 Å². The highest BCUT2D eigenvalue weighted by Crippen LogP contribution is 2.27. The van der Waals surface area contributed by atoms with Crippen molar-refractivity contribution in [1.82, 2.24) is 4.72 Å². The smallest absolute Gasteiger partial charge is 0.243 e. The fraction of sp³-hybridized carbons (Fsp3) is 0.571. The van der Waals surface area contributed by atoms with Crippen LogP contribution in [0.5, 0.6) is 0 Å². The molecule has 0 aliphatic carbocycles. The van der Waals surface area contributed by atoms with Gasteiger partial charge in [-0.3, -0.25) is 0 Å². The first-order valence-electron chi connectivity index (χ1n) is 6.69. The molecule has 0 aliphatic rings. The SMILES string of the molecule is CC(C)C(C)(C)CNS(=O)(=O)c1cc(Cl)cc(CN)c1F. The second kappa shape index (κ2) is 6.60. The lowest BCUT2D eigenvalue weighted by Gasteiger charge is -2.29. The van der Waals surface area contributed by atoms with Crippen LogP contribution in [0.2, 0.25) is 5.02 Å². The maximum atomic E-state index is 14.2. The standard InChI is InChI=1S/C14H22ClFN2O2S/c1-9(2)14(3,4)8-18-21(19,20)12-6-11(15)5-10(7-17)13(12)16/h5-6,9,18H,7-8,17H2,1-4H3. The molecule has 0 aliphatic heterocycles. The first-order chi connectivity index (χ1) is 9.51. The van der Waals surface area contributed by atoms with E-state index in [1.165, 1.54) is 6.07 Å². The van der Waals surface area contributed by atoms with Crippen LogP contribution in [0.25, 0.3) is 0 Å². The molecule has 1 aromatic carbocycles. The highest BCUT2D eigenvalue weighted by molar-refractivity contribution is 7.89. The zero-order chi connectivity index (χ0) is 16.4. The Labute approximate surface area is 130 Å². The van der Waals surface area contributed by atoms with Gasteiger partial charge in [-0.2, -0.15) is 0 Å². The summed E-state index contributed by atoms with van der Waals surface area (Å²) in [7, 11) is -3.98. The first kappa shape index (κ1) is 18.4. The molecule has 0 atom stereocenters. The van der Waals surface area contributed by atoms with Crippen molar-refractivity contribution in [2.24, 2.45) is 17.1 Å². The van der Waals surface area contributed by atoms with E-state index in [0.717, 1.165) is 6.07 Å². The predicted molar refractivity (Wildman–Crippen MR) is 83.1 cm³/mol. The largest absolute Gasteiger partial charge is 0.326 e. The number of hydrogen-bond donors (Lipinski definition) is 2. The first-order valence-corrected chi connectivity index (χ1v) is 8.55. The Morgan fingerprint density at radius 2 is 1.95 bits per heavy atom. The van der Waals surface area contributed by atoms with E-state index in [1.54, 1.807) is 0 Å². The van der Waals surface area contributed by atoms with Gasteiger partial charge in [0.15, 0.2) is 0 Å². The Hall–Kier alpha value is -0.690. The highest BCUT2D eigenvalue weighted by atomic mass is 35.5. The second-order valence-corrected chi connectivity index (χ2v) is 8.22. The number of benzene rings is 1. The molecule has 1 aromatic rings. The lowest BCUT2D eigenvalue weighted by atomic mass is 9.81. The third kappa shape index (κ3) is 4.39. The molecule has 0 heterocycles. The van der Waals surface area contributed by atoms with Gasteiger partial charge in [0.25, 0.3) is 0 Å². The molecule has 0 saturated carbocycles. The van der Waals surface area contributed by atoms with Crippen molar-refractivity contribution in [1.29, 1.82) is 0 Å². The van der Waals surface area contributed by atoms with E-state index >= 15 is 0 Å². The average molecular weight is 337 g/mol. The molecular weight excluding hydrogens is 315 g/mol. The molecule has 0 aromatic heterocycles. The maximum absolute atomic E-state index is 14.2. The van der Waals surface area contributed by atoms with Gasteiger partial charge in [-0.15, -0.1) is 0 Å². The molecule has 0 fully saturated rings. The summed E-state index contributed by atoms with van der Waals surface area (Å²) in [4.78, 5) is -0.463. The fourth-order valence-electron chi connectivity index (χ4n) is 1.53. The third-order valence-electron chi connectivity index (χ3n) is 3.87. The normalized spacial score (nSPS) is 13.0. The lowest BCUT2D eigenvalue weighted by Crippen LogP contribution is -2.37. The van der Waals surface area contributed by atoms with E-state index in [-0.39, 0.29) is 35.0 Å². The van der Waals surface area contributed by atoms with E-state index in [1.807, 2.05) is 27.7 Å². The minimum Gasteiger partial charge on any atom is -0.326 e. The summed E-state index contributed by atoms with van der Waals surface area (Å²) in [6.45, 7) is 7.98. The number of hydrogen-bond acceptors (Lipinski definition) is 3.